The fourth-order valence-electron chi connectivity index (χ4n) is 3.54. The molecule has 31 heavy (non-hydrogen) atoms. The van der Waals surface area contributed by atoms with Crippen LogP contribution in [0, 0.1) is 0 Å². The van der Waals surface area contributed by atoms with Crippen LogP contribution in [0.3, 0.4) is 0 Å². The van der Waals surface area contributed by atoms with Crippen LogP contribution >= 0.6 is 0 Å². The lowest BCUT2D eigenvalue weighted by Crippen LogP contribution is -2.49. The number of hydrogen-bond acceptors (Lipinski definition) is 4. The van der Waals surface area contributed by atoms with Gasteiger partial charge in [0.15, 0.2) is 0 Å². The van der Waals surface area contributed by atoms with Gasteiger partial charge in [0.2, 0.25) is 11.8 Å². The number of carbonyl (C=O) groups is 2. The first kappa shape index (κ1) is 22.4. The smallest absolute Gasteiger partial charge is 0.245 e. The van der Waals surface area contributed by atoms with Crippen LogP contribution in [-0.2, 0) is 9.59 Å². The van der Waals surface area contributed by atoms with Gasteiger partial charge in [0.25, 0.3) is 0 Å². The Morgan fingerprint density at radius 2 is 1.71 bits per heavy atom. The van der Waals surface area contributed by atoms with Crippen molar-refractivity contribution in [1.29, 1.82) is 0 Å². The Bertz CT molecular complexity index is 868. The first-order valence-electron chi connectivity index (χ1n) is 11.1. The lowest BCUT2D eigenvalue weighted by atomic mass is 10.1. The first-order chi connectivity index (χ1) is 15.2. The molecule has 2 amide bonds. The van der Waals surface area contributed by atoms with Crippen molar-refractivity contribution in [2.24, 2.45) is 0 Å². The Kier molecular flexibility index (Phi) is 8.52. The van der Waals surface area contributed by atoms with Crippen molar-refractivity contribution >= 4 is 23.2 Å². The minimum atomic E-state index is -0.157. The van der Waals surface area contributed by atoms with Gasteiger partial charge in [0.05, 0.1) is 5.70 Å². The second-order valence-corrected chi connectivity index (χ2v) is 7.66. The predicted octanol–water partition coefficient (Wildman–Crippen LogP) is 3.58. The number of hydrazine groups is 1. The van der Waals surface area contributed by atoms with Crippen LogP contribution in [0.2, 0.25) is 0 Å². The van der Waals surface area contributed by atoms with E-state index in [2.05, 4.69) is 46.8 Å². The molecule has 0 radical (unpaired) electrons. The van der Waals surface area contributed by atoms with Gasteiger partial charge in [-0.15, -0.1) is 0 Å². The Balaban J connectivity index is 1.44. The highest BCUT2D eigenvalue weighted by Gasteiger charge is 2.21. The summed E-state index contributed by atoms with van der Waals surface area (Å²) in [5.41, 5.74) is 6.14. The molecular formula is C25H32N4O2. The van der Waals surface area contributed by atoms with E-state index in [0.29, 0.717) is 6.54 Å². The van der Waals surface area contributed by atoms with E-state index in [9.17, 15) is 9.59 Å². The highest BCUT2D eigenvalue weighted by atomic mass is 16.2. The second-order valence-electron chi connectivity index (χ2n) is 7.66. The summed E-state index contributed by atoms with van der Waals surface area (Å²) >= 11 is 0. The third kappa shape index (κ3) is 6.88. The highest BCUT2D eigenvalue weighted by molar-refractivity contribution is 5.88. The standard InChI is InChI=1S/C25H32N4O2/c1-2-3-18-28(22-13-8-5-9-14-22)19-10-17-26-24(30)20-29-25(31)16-15-23(27-29)21-11-6-4-7-12-21/h4-9,11-15,27H,2-3,10,16-20H2,1H3,(H,26,30). The molecule has 0 aliphatic carbocycles. The van der Waals surface area contributed by atoms with Crippen molar-refractivity contribution in [2.75, 3.05) is 31.1 Å². The van der Waals surface area contributed by atoms with E-state index in [1.54, 1.807) is 0 Å². The largest absolute Gasteiger partial charge is 0.371 e. The Morgan fingerprint density at radius 3 is 2.42 bits per heavy atom. The summed E-state index contributed by atoms with van der Waals surface area (Å²) in [5.74, 6) is -0.264. The van der Waals surface area contributed by atoms with Crippen molar-refractivity contribution in [2.45, 2.75) is 32.6 Å². The number of para-hydroxylation sites is 1. The predicted molar refractivity (Wildman–Crippen MR) is 125 cm³/mol. The number of nitrogens with one attached hydrogen (secondary N) is 2. The molecule has 1 aliphatic heterocycles. The molecular weight excluding hydrogens is 388 g/mol. The number of hydrogen-bond donors (Lipinski definition) is 2. The van der Waals surface area contributed by atoms with Gasteiger partial charge in [0, 0.05) is 31.7 Å². The van der Waals surface area contributed by atoms with E-state index in [4.69, 9.17) is 0 Å². The van der Waals surface area contributed by atoms with Gasteiger partial charge in [0.1, 0.15) is 6.54 Å². The lowest BCUT2D eigenvalue weighted by Gasteiger charge is -2.29. The summed E-state index contributed by atoms with van der Waals surface area (Å²) in [4.78, 5) is 27.0. The summed E-state index contributed by atoms with van der Waals surface area (Å²) in [6, 6.07) is 20.2. The summed E-state index contributed by atoms with van der Waals surface area (Å²) in [6.45, 7) is 4.66. The third-order valence-corrected chi connectivity index (χ3v) is 5.25. The summed E-state index contributed by atoms with van der Waals surface area (Å²) in [6.07, 6.45) is 5.28. The number of carbonyl (C=O) groups excluding carboxylic acids is 2. The van der Waals surface area contributed by atoms with E-state index in [-0.39, 0.29) is 24.8 Å². The van der Waals surface area contributed by atoms with Crippen LogP contribution in [-0.4, -0.2) is 43.0 Å². The maximum absolute atomic E-state index is 12.4. The molecule has 0 unspecified atom stereocenters. The number of benzene rings is 2. The maximum Gasteiger partial charge on any atom is 0.245 e. The van der Waals surface area contributed by atoms with Crippen LogP contribution in [0.4, 0.5) is 5.69 Å². The zero-order valence-corrected chi connectivity index (χ0v) is 18.2. The zero-order chi connectivity index (χ0) is 21.9. The molecule has 1 heterocycles. The fourth-order valence-corrected chi connectivity index (χ4v) is 3.54. The Labute approximate surface area is 184 Å². The van der Waals surface area contributed by atoms with E-state index in [1.807, 2.05) is 42.5 Å². The Hall–Kier alpha value is -3.28. The van der Waals surface area contributed by atoms with Gasteiger partial charge in [-0.3, -0.25) is 15.0 Å². The average Bonchev–Trinajstić information content (AvgIpc) is 2.81. The molecule has 164 valence electrons. The number of nitrogens with zero attached hydrogens (tertiary/aromatic N) is 2. The van der Waals surface area contributed by atoms with Crippen LogP contribution in [0.5, 0.6) is 0 Å². The zero-order valence-electron chi connectivity index (χ0n) is 18.2. The molecule has 0 bridgehead atoms. The molecule has 6 nitrogen and oxygen atoms in total. The molecule has 0 fully saturated rings. The highest BCUT2D eigenvalue weighted by Crippen LogP contribution is 2.17. The van der Waals surface area contributed by atoms with Crippen molar-refractivity contribution in [3.05, 3.63) is 72.3 Å². The monoisotopic (exact) mass is 420 g/mol. The molecule has 3 rings (SSSR count). The molecule has 2 aromatic carbocycles. The SMILES string of the molecule is CCCCN(CCCNC(=O)CN1NC(c2ccccc2)=CCC1=O)c1ccccc1. The summed E-state index contributed by atoms with van der Waals surface area (Å²) < 4.78 is 0. The molecule has 2 N–H and O–H groups in total. The number of unbranched alkanes of at least 4 members (excludes halogenated alkanes) is 1. The van der Waals surface area contributed by atoms with Gasteiger partial charge < -0.3 is 10.2 Å². The van der Waals surface area contributed by atoms with Crippen molar-refractivity contribution in [3.63, 3.8) is 0 Å². The fraction of sp³-hybridized carbons (Fsp3) is 0.360. The lowest BCUT2D eigenvalue weighted by molar-refractivity contribution is -0.137. The van der Waals surface area contributed by atoms with E-state index >= 15 is 0 Å². The molecule has 0 atom stereocenters. The van der Waals surface area contributed by atoms with Crippen molar-refractivity contribution < 1.29 is 9.59 Å². The number of rotatable bonds is 11. The third-order valence-electron chi connectivity index (χ3n) is 5.25. The van der Waals surface area contributed by atoms with Gasteiger partial charge in [-0.1, -0.05) is 61.9 Å². The molecule has 0 saturated carbocycles. The minimum Gasteiger partial charge on any atom is -0.371 e. The first-order valence-corrected chi connectivity index (χ1v) is 11.1. The van der Waals surface area contributed by atoms with Crippen LogP contribution in [0.1, 0.15) is 38.2 Å². The van der Waals surface area contributed by atoms with E-state index < -0.39 is 0 Å². The molecule has 1 aliphatic rings. The second kappa shape index (κ2) is 11.8. The van der Waals surface area contributed by atoms with Gasteiger partial charge in [-0.05, 0) is 36.6 Å². The van der Waals surface area contributed by atoms with Gasteiger partial charge >= 0.3 is 0 Å². The molecule has 2 aromatic rings. The number of amides is 2. The van der Waals surface area contributed by atoms with E-state index in [1.165, 1.54) is 10.7 Å². The quantitative estimate of drug-likeness (QED) is 0.546. The van der Waals surface area contributed by atoms with Crippen molar-refractivity contribution in [3.8, 4) is 0 Å². The molecule has 6 heteroatoms. The summed E-state index contributed by atoms with van der Waals surface area (Å²) in [7, 11) is 0. The topological polar surface area (TPSA) is 64.7 Å². The Morgan fingerprint density at radius 1 is 1.03 bits per heavy atom. The van der Waals surface area contributed by atoms with E-state index in [0.717, 1.165) is 43.6 Å². The molecule has 0 saturated heterocycles. The molecule has 0 spiro atoms. The summed E-state index contributed by atoms with van der Waals surface area (Å²) in [5, 5.41) is 4.35. The normalized spacial score (nSPS) is 13.4. The number of anilines is 1. The van der Waals surface area contributed by atoms with Crippen molar-refractivity contribution in [1.82, 2.24) is 15.8 Å². The van der Waals surface area contributed by atoms with Crippen LogP contribution in [0.15, 0.2) is 66.7 Å². The average molecular weight is 421 g/mol. The van der Waals surface area contributed by atoms with Gasteiger partial charge in [-0.25, -0.2) is 5.01 Å². The van der Waals surface area contributed by atoms with Crippen LogP contribution in [0.25, 0.3) is 5.70 Å². The van der Waals surface area contributed by atoms with Gasteiger partial charge in [-0.2, -0.15) is 0 Å². The minimum absolute atomic E-state index is 0.00123. The maximum atomic E-state index is 12.4. The molecule has 0 aromatic heterocycles. The van der Waals surface area contributed by atoms with Crippen LogP contribution < -0.4 is 15.6 Å².